The molecule has 2 atom stereocenters. The van der Waals surface area contributed by atoms with Gasteiger partial charge in [0.05, 0.1) is 11.2 Å². The second-order valence-corrected chi connectivity index (χ2v) is 9.93. The molecule has 2 aliphatic heterocycles. The smallest absolute Gasteiger partial charge is 0.154 e. The molecule has 8 heteroatoms. The van der Waals surface area contributed by atoms with Crippen LogP contribution >= 0.6 is 11.8 Å². The predicted octanol–water partition coefficient (Wildman–Crippen LogP) is 2.10. The molecule has 2 fully saturated rings. The molecule has 3 aliphatic rings. The summed E-state index contributed by atoms with van der Waals surface area (Å²) in [5, 5.41) is 7.58. The van der Waals surface area contributed by atoms with E-state index in [2.05, 4.69) is 61.7 Å². The molecule has 2 aromatic rings. The number of anilines is 1. The van der Waals surface area contributed by atoms with E-state index in [-0.39, 0.29) is 0 Å². The third-order valence-corrected chi connectivity index (χ3v) is 7.58. The van der Waals surface area contributed by atoms with Gasteiger partial charge in [0.15, 0.2) is 5.82 Å². The molecular weight excluding hydrogens is 406 g/mol. The summed E-state index contributed by atoms with van der Waals surface area (Å²) in [7, 11) is 2.20. The number of nitrogens with one attached hydrogen (secondary N) is 2. The van der Waals surface area contributed by atoms with Crippen LogP contribution in [0.4, 0.5) is 5.82 Å². The Morgan fingerprint density at radius 2 is 2.06 bits per heavy atom. The van der Waals surface area contributed by atoms with E-state index in [1.54, 1.807) is 12.4 Å². The first-order valence-electron chi connectivity index (χ1n) is 11.3. The molecule has 4 heterocycles. The van der Waals surface area contributed by atoms with Crippen LogP contribution in [-0.2, 0) is 0 Å². The minimum atomic E-state index is 0.492. The minimum Gasteiger partial charge on any atom is -0.367 e. The van der Waals surface area contributed by atoms with Crippen LogP contribution in [-0.4, -0.2) is 94.7 Å². The van der Waals surface area contributed by atoms with E-state index in [1.165, 1.54) is 5.57 Å². The van der Waals surface area contributed by atoms with Gasteiger partial charge in [0.2, 0.25) is 0 Å². The van der Waals surface area contributed by atoms with Crippen molar-refractivity contribution < 1.29 is 0 Å². The number of pyridine rings is 1. The normalized spacial score (nSPS) is 25.5. The van der Waals surface area contributed by atoms with Crippen LogP contribution in [0.5, 0.6) is 0 Å². The fourth-order valence-electron chi connectivity index (χ4n) is 4.43. The second kappa shape index (κ2) is 9.65. The van der Waals surface area contributed by atoms with E-state index in [0.717, 1.165) is 80.5 Å². The number of likely N-dealkylation sites (N-methyl/N-ethyl adjacent to an activating group) is 1. The molecule has 31 heavy (non-hydrogen) atoms. The molecule has 0 radical (unpaired) electrons. The zero-order valence-corrected chi connectivity index (χ0v) is 18.9. The van der Waals surface area contributed by atoms with Gasteiger partial charge in [-0.2, -0.15) is 11.8 Å². The summed E-state index contributed by atoms with van der Waals surface area (Å²) in [6.07, 6.45) is 11.4. The van der Waals surface area contributed by atoms with Crippen molar-refractivity contribution in [3.8, 4) is 0 Å². The molecule has 5 rings (SSSR count). The largest absolute Gasteiger partial charge is 0.367 e. The highest BCUT2D eigenvalue weighted by Gasteiger charge is 2.22. The lowest BCUT2D eigenvalue weighted by Crippen LogP contribution is -2.48. The third kappa shape index (κ3) is 4.92. The van der Waals surface area contributed by atoms with E-state index in [4.69, 9.17) is 4.98 Å². The molecule has 0 amide bonds. The van der Waals surface area contributed by atoms with Crippen LogP contribution < -0.4 is 10.6 Å². The van der Waals surface area contributed by atoms with Crippen LogP contribution in [0.1, 0.15) is 12.1 Å². The average Bonchev–Trinajstić information content (AvgIpc) is 2.83. The molecule has 164 valence electrons. The van der Waals surface area contributed by atoms with Crippen molar-refractivity contribution in [1.82, 2.24) is 30.1 Å². The molecule has 2 saturated heterocycles. The zero-order valence-electron chi connectivity index (χ0n) is 18.1. The Labute approximate surface area is 188 Å². The highest BCUT2D eigenvalue weighted by atomic mass is 32.2. The molecule has 1 aliphatic carbocycles. The number of rotatable bonds is 5. The lowest BCUT2D eigenvalue weighted by Gasteiger charge is -2.37. The van der Waals surface area contributed by atoms with Gasteiger partial charge in [-0.05, 0) is 25.1 Å². The van der Waals surface area contributed by atoms with Gasteiger partial charge in [-0.25, -0.2) is 9.97 Å². The summed E-state index contributed by atoms with van der Waals surface area (Å²) in [6.45, 7) is 7.58. The Morgan fingerprint density at radius 3 is 2.84 bits per heavy atom. The standard InChI is InChI=1S/C23H31N7S/c1-29-9-11-30(12-10-29)18-4-2-17(3-5-18)20-14-21-22(26-7-6-25-21)23(28-20)27-16-19-15-24-8-13-31-19/h2-4,6-7,14,18-19,24H,5,8-13,15-16H2,1H3,(H,27,28). The van der Waals surface area contributed by atoms with Gasteiger partial charge in [0.1, 0.15) is 5.52 Å². The summed E-state index contributed by atoms with van der Waals surface area (Å²) < 4.78 is 0. The Kier molecular flexibility index (Phi) is 6.50. The first kappa shape index (κ1) is 20.9. The summed E-state index contributed by atoms with van der Waals surface area (Å²) >= 11 is 2.01. The Hall–Kier alpha value is -2.00. The Balaban J connectivity index is 1.33. The molecule has 2 unspecified atom stereocenters. The maximum Gasteiger partial charge on any atom is 0.154 e. The van der Waals surface area contributed by atoms with Crippen LogP contribution in [0, 0.1) is 0 Å². The third-order valence-electron chi connectivity index (χ3n) is 6.34. The highest BCUT2D eigenvalue weighted by molar-refractivity contribution is 8.00. The SMILES string of the molecule is CN1CCN(C2C=CC(c3cc4nccnc4c(NCC4CNCCS4)n3)=CC2)CC1. The van der Waals surface area contributed by atoms with Crippen molar-refractivity contribution >= 4 is 34.2 Å². The first-order chi connectivity index (χ1) is 15.3. The lowest BCUT2D eigenvalue weighted by atomic mass is 9.98. The fourth-order valence-corrected chi connectivity index (χ4v) is 5.46. The Morgan fingerprint density at radius 1 is 1.19 bits per heavy atom. The number of aromatic nitrogens is 3. The number of fused-ring (bicyclic) bond motifs is 1. The maximum absolute atomic E-state index is 4.97. The number of nitrogens with zero attached hydrogens (tertiary/aromatic N) is 5. The summed E-state index contributed by atoms with van der Waals surface area (Å²) in [4.78, 5) is 19.1. The van der Waals surface area contributed by atoms with Crippen molar-refractivity contribution in [1.29, 1.82) is 0 Å². The second-order valence-electron chi connectivity index (χ2n) is 8.52. The van der Waals surface area contributed by atoms with E-state index in [9.17, 15) is 0 Å². The molecule has 2 N–H and O–H groups in total. The molecular formula is C23H31N7S. The van der Waals surface area contributed by atoms with Crippen molar-refractivity contribution in [3.63, 3.8) is 0 Å². The van der Waals surface area contributed by atoms with Crippen molar-refractivity contribution in [2.24, 2.45) is 0 Å². The summed E-state index contributed by atoms with van der Waals surface area (Å²) in [5.74, 6) is 1.99. The average molecular weight is 438 g/mol. The predicted molar refractivity (Wildman–Crippen MR) is 130 cm³/mol. The van der Waals surface area contributed by atoms with Crippen molar-refractivity contribution in [2.75, 3.05) is 63.9 Å². The summed E-state index contributed by atoms with van der Waals surface area (Å²) in [6, 6.07) is 2.56. The molecule has 0 saturated carbocycles. The van der Waals surface area contributed by atoms with Gasteiger partial charge in [0, 0.05) is 75.3 Å². The van der Waals surface area contributed by atoms with Gasteiger partial charge in [-0.3, -0.25) is 9.88 Å². The van der Waals surface area contributed by atoms with E-state index < -0.39 is 0 Å². The highest BCUT2D eigenvalue weighted by Crippen LogP contribution is 2.28. The van der Waals surface area contributed by atoms with E-state index in [1.807, 2.05) is 11.8 Å². The molecule has 0 bridgehead atoms. The number of allylic oxidation sites excluding steroid dienone is 2. The first-order valence-corrected chi connectivity index (χ1v) is 12.3. The number of hydrogen-bond donors (Lipinski definition) is 2. The maximum atomic E-state index is 4.97. The quantitative estimate of drug-likeness (QED) is 0.737. The van der Waals surface area contributed by atoms with Crippen LogP contribution in [0.15, 0.2) is 36.7 Å². The molecule has 7 nitrogen and oxygen atoms in total. The van der Waals surface area contributed by atoms with Crippen molar-refractivity contribution in [3.05, 3.63) is 42.4 Å². The van der Waals surface area contributed by atoms with E-state index in [0.29, 0.717) is 11.3 Å². The van der Waals surface area contributed by atoms with Gasteiger partial charge in [-0.1, -0.05) is 18.2 Å². The van der Waals surface area contributed by atoms with Crippen LogP contribution in [0.2, 0.25) is 0 Å². The van der Waals surface area contributed by atoms with Gasteiger partial charge < -0.3 is 15.5 Å². The van der Waals surface area contributed by atoms with Gasteiger partial charge in [-0.15, -0.1) is 0 Å². The number of hydrogen-bond acceptors (Lipinski definition) is 8. The molecule has 0 aromatic carbocycles. The van der Waals surface area contributed by atoms with Gasteiger partial charge >= 0.3 is 0 Å². The minimum absolute atomic E-state index is 0.492. The number of piperazine rings is 1. The lowest BCUT2D eigenvalue weighted by molar-refractivity contribution is 0.130. The topological polar surface area (TPSA) is 69.2 Å². The van der Waals surface area contributed by atoms with Gasteiger partial charge in [0.25, 0.3) is 0 Å². The van der Waals surface area contributed by atoms with Crippen LogP contribution in [0.25, 0.3) is 16.6 Å². The number of thioether (sulfide) groups is 1. The zero-order chi connectivity index (χ0) is 21.0. The van der Waals surface area contributed by atoms with Crippen LogP contribution in [0.3, 0.4) is 0 Å². The molecule has 2 aromatic heterocycles. The summed E-state index contributed by atoms with van der Waals surface area (Å²) in [5.41, 5.74) is 3.88. The Bertz CT molecular complexity index is 962. The monoisotopic (exact) mass is 437 g/mol. The fraction of sp³-hybridized carbons (Fsp3) is 0.522. The molecule has 0 spiro atoms. The van der Waals surface area contributed by atoms with Crippen molar-refractivity contribution in [2.45, 2.75) is 17.7 Å². The van der Waals surface area contributed by atoms with E-state index >= 15 is 0 Å².